The van der Waals surface area contributed by atoms with E-state index in [1.807, 2.05) is 0 Å². The Bertz CT molecular complexity index is 844. The highest BCUT2D eigenvalue weighted by atomic mass is 19.4. The number of pyridine rings is 1. The van der Waals surface area contributed by atoms with Crippen molar-refractivity contribution in [1.29, 1.82) is 0 Å². The Morgan fingerprint density at radius 1 is 0.966 bits per heavy atom. The molecule has 0 bridgehead atoms. The highest BCUT2D eigenvalue weighted by Crippen LogP contribution is 2.38. The molecule has 1 aromatic carbocycles. The van der Waals surface area contributed by atoms with Crippen LogP contribution in [0, 0.1) is 0 Å². The first-order valence-corrected chi connectivity index (χ1v) is 8.24. The van der Waals surface area contributed by atoms with E-state index in [0.29, 0.717) is 12.1 Å². The first-order valence-electron chi connectivity index (χ1n) is 8.24. The Balaban J connectivity index is 2.36. The summed E-state index contributed by atoms with van der Waals surface area (Å²) >= 11 is 0. The van der Waals surface area contributed by atoms with Crippen LogP contribution in [0.15, 0.2) is 24.3 Å². The monoisotopic (exact) mass is 434 g/mol. The number of nitrogens with zero attached hydrogens (tertiary/aromatic N) is 1. The van der Waals surface area contributed by atoms with Crippen LogP contribution < -0.4 is 5.32 Å². The number of aliphatic hydroxyl groups excluding tert-OH is 1. The molecule has 3 nitrogen and oxygen atoms in total. The van der Waals surface area contributed by atoms with Crippen molar-refractivity contribution in [3.63, 3.8) is 0 Å². The van der Waals surface area contributed by atoms with E-state index in [1.54, 1.807) is 0 Å². The lowest BCUT2D eigenvalue weighted by atomic mass is 9.99. The van der Waals surface area contributed by atoms with Gasteiger partial charge in [0.25, 0.3) is 0 Å². The van der Waals surface area contributed by atoms with Crippen molar-refractivity contribution in [1.82, 2.24) is 10.3 Å². The standard InChI is InChI=1S/C17H15F9N2O/c18-15(19,20)5-2-6-27-8-12(29)10-7-13(17(24,25)26)28-14-9(10)3-1-4-11(14)16(21,22)23/h1,3-4,7,12,27,29H,2,5-6,8H2/t12-/m0/s1. The van der Waals surface area contributed by atoms with Crippen LogP contribution in [0.5, 0.6) is 0 Å². The van der Waals surface area contributed by atoms with E-state index in [-0.39, 0.29) is 18.4 Å². The Morgan fingerprint density at radius 3 is 2.17 bits per heavy atom. The molecule has 0 unspecified atom stereocenters. The Morgan fingerprint density at radius 2 is 1.62 bits per heavy atom. The molecule has 12 heteroatoms. The molecule has 0 saturated heterocycles. The summed E-state index contributed by atoms with van der Waals surface area (Å²) in [5.41, 5.74) is -4.45. The first kappa shape index (κ1) is 23.2. The predicted octanol–water partition coefficient (Wildman–Crippen LogP) is 5.24. The summed E-state index contributed by atoms with van der Waals surface area (Å²) in [6.07, 6.45) is -17.6. The van der Waals surface area contributed by atoms with E-state index in [4.69, 9.17) is 0 Å². The van der Waals surface area contributed by atoms with E-state index in [0.717, 1.165) is 12.1 Å². The van der Waals surface area contributed by atoms with Crippen molar-refractivity contribution < 1.29 is 44.6 Å². The van der Waals surface area contributed by atoms with Crippen molar-refractivity contribution >= 4 is 10.9 Å². The summed E-state index contributed by atoms with van der Waals surface area (Å²) < 4.78 is 115. The molecule has 29 heavy (non-hydrogen) atoms. The smallest absolute Gasteiger partial charge is 0.387 e. The summed E-state index contributed by atoms with van der Waals surface area (Å²) in [6.45, 7) is -0.649. The Labute approximate surface area is 158 Å². The van der Waals surface area contributed by atoms with Gasteiger partial charge in [-0.05, 0) is 30.7 Å². The molecule has 0 aliphatic heterocycles. The number of halogens is 9. The fourth-order valence-electron chi connectivity index (χ4n) is 2.69. The molecular weight excluding hydrogens is 419 g/mol. The van der Waals surface area contributed by atoms with Crippen LogP contribution in [-0.4, -0.2) is 29.4 Å². The normalized spacial score (nSPS) is 14.4. The molecule has 1 heterocycles. The number of para-hydroxylation sites is 1. The summed E-state index contributed by atoms with van der Waals surface area (Å²) in [5.74, 6) is 0. The van der Waals surface area contributed by atoms with Gasteiger partial charge < -0.3 is 10.4 Å². The second kappa shape index (κ2) is 8.34. The van der Waals surface area contributed by atoms with E-state index in [2.05, 4.69) is 10.3 Å². The van der Waals surface area contributed by atoms with E-state index < -0.39 is 59.9 Å². The number of aromatic nitrogens is 1. The van der Waals surface area contributed by atoms with Gasteiger partial charge in [-0.15, -0.1) is 0 Å². The van der Waals surface area contributed by atoms with Gasteiger partial charge in [-0.3, -0.25) is 0 Å². The van der Waals surface area contributed by atoms with Crippen LogP contribution in [0.1, 0.15) is 35.8 Å². The maximum Gasteiger partial charge on any atom is 0.433 e. The van der Waals surface area contributed by atoms with Crippen LogP contribution in [0.25, 0.3) is 10.9 Å². The van der Waals surface area contributed by atoms with Crippen molar-refractivity contribution in [2.45, 2.75) is 37.5 Å². The van der Waals surface area contributed by atoms with Gasteiger partial charge in [-0.2, -0.15) is 39.5 Å². The lowest BCUT2D eigenvalue weighted by molar-refractivity contribution is -0.142. The molecule has 1 aromatic heterocycles. The third-order valence-corrected chi connectivity index (χ3v) is 3.98. The molecule has 0 saturated carbocycles. The number of nitrogens with one attached hydrogen (secondary N) is 1. The first-order chi connectivity index (χ1) is 13.2. The highest BCUT2D eigenvalue weighted by molar-refractivity contribution is 5.86. The maximum atomic E-state index is 13.2. The fourth-order valence-corrected chi connectivity index (χ4v) is 2.69. The van der Waals surface area contributed by atoms with Crippen molar-refractivity contribution in [3.05, 3.63) is 41.1 Å². The predicted molar refractivity (Wildman–Crippen MR) is 84.9 cm³/mol. The second-order valence-corrected chi connectivity index (χ2v) is 6.23. The molecular formula is C17H15F9N2O. The third kappa shape index (κ3) is 6.20. The zero-order valence-electron chi connectivity index (χ0n) is 14.5. The van der Waals surface area contributed by atoms with E-state index in [9.17, 15) is 44.6 Å². The maximum absolute atomic E-state index is 13.2. The average Bonchev–Trinajstić information content (AvgIpc) is 2.57. The van der Waals surface area contributed by atoms with Crippen LogP contribution in [-0.2, 0) is 12.4 Å². The van der Waals surface area contributed by atoms with E-state index in [1.165, 1.54) is 0 Å². The SMILES string of the molecule is O[C@@H](CNCCCC(F)(F)F)c1cc(C(F)(F)F)nc2c(C(F)(F)F)cccc12. The van der Waals surface area contributed by atoms with E-state index >= 15 is 0 Å². The van der Waals surface area contributed by atoms with Crippen LogP contribution in [0.4, 0.5) is 39.5 Å². The fraction of sp³-hybridized carbons (Fsp3) is 0.471. The van der Waals surface area contributed by atoms with Gasteiger partial charge in [0, 0.05) is 18.4 Å². The van der Waals surface area contributed by atoms with Crippen molar-refractivity contribution in [3.8, 4) is 0 Å². The molecule has 0 aliphatic carbocycles. The molecule has 0 aliphatic rings. The summed E-state index contributed by atoms with van der Waals surface area (Å²) in [6, 6.07) is 3.05. The molecule has 162 valence electrons. The number of hydrogen-bond donors (Lipinski definition) is 2. The third-order valence-electron chi connectivity index (χ3n) is 3.98. The molecule has 0 amide bonds. The summed E-state index contributed by atoms with van der Waals surface area (Å²) in [4.78, 5) is 3.09. The zero-order chi connectivity index (χ0) is 22.0. The van der Waals surface area contributed by atoms with Crippen LogP contribution >= 0.6 is 0 Å². The molecule has 1 atom stereocenters. The minimum atomic E-state index is -5.07. The molecule has 0 radical (unpaired) electrons. The van der Waals surface area contributed by atoms with Crippen molar-refractivity contribution in [2.24, 2.45) is 0 Å². The number of benzene rings is 1. The largest absolute Gasteiger partial charge is 0.433 e. The van der Waals surface area contributed by atoms with Gasteiger partial charge in [0.05, 0.1) is 17.2 Å². The molecule has 0 fully saturated rings. The summed E-state index contributed by atoms with van der Waals surface area (Å²) in [7, 11) is 0. The van der Waals surface area contributed by atoms with Crippen LogP contribution in [0.2, 0.25) is 0 Å². The number of alkyl halides is 9. The topological polar surface area (TPSA) is 45.1 Å². The van der Waals surface area contributed by atoms with Crippen molar-refractivity contribution in [2.75, 3.05) is 13.1 Å². The quantitative estimate of drug-likeness (QED) is 0.483. The summed E-state index contributed by atoms with van der Waals surface area (Å²) in [5, 5.41) is 12.3. The molecule has 2 aromatic rings. The average molecular weight is 434 g/mol. The van der Waals surface area contributed by atoms with Gasteiger partial charge in [-0.1, -0.05) is 12.1 Å². The molecule has 0 spiro atoms. The minimum absolute atomic E-state index is 0.195. The van der Waals surface area contributed by atoms with Gasteiger partial charge >= 0.3 is 18.5 Å². The van der Waals surface area contributed by atoms with Gasteiger partial charge in [-0.25, -0.2) is 4.98 Å². The Hall–Kier alpha value is -2.08. The van der Waals surface area contributed by atoms with Gasteiger partial charge in [0.1, 0.15) is 5.69 Å². The number of aliphatic hydroxyl groups is 1. The molecule has 2 N–H and O–H groups in total. The van der Waals surface area contributed by atoms with Gasteiger partial charge in [0.15, 0.2) is 0 Å². The highest BCUT2D eigenvalue weighted by Gasteiger charge is 2.38. The minimum Gasteiger partial charge on any atom is -0.387 e. The Kier molecular flexibility index (Phi) is 6.68. The second-order valence-electron chi connectivity index (χ2n) is 6.23. The number of fused-ring (bicyclic) bond motifs is 1. The number of hydrogen-bond acceptors (Lipinski definition) is 3. The zero-order valence-corrected chi connectivity index (χ0v) is 14.5. The lowest BCUT2D eigenvalue weighted by Gasteiger charge is -2.19. The van der Waals surface area contributed by atoms with Crippen LogP contribution in [0.3, 0.4) is 0 Å². The van der Waals surface area contributed by atoms with Gasteiger partial charge in [0.2, 0.25) is 0 Å². The molecule has 2 rings (SSSR count). The lowest BCUT2D eigenvalue weighted by Crippen LogP contribution is -2.24. The number of rotatable bonds is 6.